The molecule has 6 nitrogen and oxygen atoms in total. The van der Waals surface area contributed by atoms with Crippen molar-refractivity contribution in [2.75, 3.05) is 18.6 Å². The molecule has 0 amide bonds. The summed E-state index contributed by atoms with van der Waals surface area (Å²) in [4.78, 5) is 24.2. The Morgan fingerprint density at radius 2 is 2.07 bits per heavy atom. The molecule has 1 aromatic carbocycles. The number of nitrogens with zero attached hydrogens (tertiary/aromatic N) is 2. The molecule has 3 heterocycles. The van der Waals surface area contributed by atoms with Crippen LogP contribution in [0.1, 0.15) is 29.8 Å². The van der Waals surface area contributed by atoms with E-state index >= 15 is 0 Å². The van der Waals surface area contributed by atoms with E-state index in [0.717, 1.165) is 27.6 Å². The zero-order valence-corrected chi connectivity index (χ0v) is 16.2. The van der Waals surface area contributed by atoms with E-state index < -0.39 is 5.97 Å². The van der Waals surface area contributed by atoms with Gasteiger partial charge in [-0.1, -0.05) is 18.2 Å². The highest BCUT2D eigenvalue weighted by molar-refractivity contribution is 8.14. The van der Waals surface area contributed by atoms with E-state index in [9.17, 15) is 4.79 Å². The topological polar surface area (TPSA) is 93.4 Å². The lowest BCUT2D eigenvalue weighted by molar-refractivity contribution is 0.0602. The van der Waals surface area contributed by atoms with E-state index in [1.54, 1.807) is 11.8 Å². The highest BCUT2D eigenvalue weighted by Gasteiger charge is 2.26. The normalized spacial score (nSPS) is 15.7. The van der Waals surface area contributed by atoms with Gasteiger partial charge in [0, 0.05) is 28.6 Å². The van der Waals surface area contributed by atoms with E-state index in [2.05, 4.69) is 35.9 Å². The summed E-state index contributed by atoms with van der Waals surface area (Å²) in [7, 11) is 1.35. The third-order valence-corrected chi connectivity index (χ3v) is 5.94. The highest BCUT2D eigenvalue weighted by atomic mass is 32.2. The number of carbonyl (C=O) groups is 1. The molecule has 0 atom stereocenters. The number of rotatable bonds is 3. The van der Waals surface area contributed by atoms with Gasteiger partial charge in [-0.3, -0.25) is 4.99 Å². The Bertz CT molecular complexity index is 1080. The van der Waals surface area contributed by atoms with Crippen LogP contribution in [0.4, 0.5) is 5.82 Å². The Labute approximate surface area is 161 Å². The summed E-state index contributed by atoms with van der Waals surface area (Å²) >= 11 is 1.77. The molecule has 27 heavy (non-hydrogen) atoms. The fourth-order valence-corrected chi connectivity index (χ4v) is 4.28. The summed E-state index contributed by atoms with van der Waals surface area (Å²) in [6.07, 6.45) is 1.45. The number of nitrogen functional groups attached to an aromatic ring is 1. The first-order chi connectivity index (χ1) is 12.9. The summed E-state index contributed by atoms with van der Waals surface area (Å²) in [5, 5.41) is 1.75. The molecule has 2 aromatic heterocycles. The van der Waals surface area contributed by atoms with E-state index in [1.807, 2.05) is 18.2 Å². The maximum absolute atomic E-state index is 12.0. The third kappa shape index (κ3) is 3.19. The zero-order chi connectivity index (χ0) is 19.2. The van der Waals surface area contributed by atoms with Gasteiger partial charge in [0.1, 0.15) is 5.82 Å². The van der Waals surface area contributed by atoms with Gasteiger partial charge in [-0.15, -0.1) is 11.8 Å². The van der Waals surface area contributed by atoms with Crippen LogP contribution in [0, 0.1) is 0 Å². The van der Waals surface area contributed by atoms with Crippen molar-refractivity contribution < 1.29 is 9.53 Å². The minimum Gasteiger partial charge on any atom is -0.465 e. The number of thioether (sulfide) groups is 1. The van der Waals surface area contributed by atoms with E-state index in [1.165, 1.54) is 13.3 Å². The average molecular weight is 380 g/mol. The molecular weight excluding hydrogens is 360 g/mol. The summed E-state index contributed by atoms with van der Waals surface area (Å²) < 4.78 is 4.85. The largest absolute Gasteiger partial charge is 0.465 e. The number of esters is 1. The maximum Gasteiger partial charge on any atom is 0.340 e. The number of pyridine rings is 1. The Kier molecular flexibility index (Phi) is 4.19. The van der Waals surface area contributed by atoms with Gasteiger partial charge in [0.25, 0.3) is 0 Å². The smallest absolute Gasteiger partial charge is 0.340 e. The molecule has 0 aliphatic carbocycles. The minimum absolute atomic E-state index is 0.0351. The number of nitrogens with one attached hydrogen (secondary N) is 1. The Morgan fingerprint density at radius 3 is 2.78 bits per heavy atom. The van der Waals surface area contributed by atoms with Crippen molar-refractivity contribution in [1.82, 2.24) is 9.97 Å². The minimum atomic E-state index is -0.439. The lowest BCUT2D eigenvalue weighted by Gasteiger charge is -2.09. The maximum atomic E-state index is 12.0. The molecule has 3 aromatic rings. The van der Waals surface area contributed by atoms with Gasteiger partial charge in [0.15, 0.2) is 0 Å². The first-order valence-corrected chi connectivity index (χ1v) is 9.55. The molecule has 0 saturated carbocycles. The van der Waals surface area contributed by atoms with E-state index in [4.69, 9.17) is 15.5 Å². The van der Waals surface area contributed by atoms with Crippen LogP contribution in [0.15, 0.2) is 41.5 Å². The van der Waals surface area contributed by atoms with Gasteiger partial charge >= 0.3 is 5.97 Å². The van der Waals surface area contributed by atoms with E-state index in [0.29, 0.717) is 22.3 Å². The van der Waals surface area contributed by atoms with Crippen molar-refractivity contribution in [3.63, 3.8) is 0 Å². The first-order valence-electron chi connectivity index (χ1n) is 8.57. The molecule has 0 unspecified atom stereocenters. The summed E-state index contributed by atoms with van der Waals surface area (Å²) in [5.74, 6) is 0.882. The molecule has 1 aliphatic rings. The third-order valence-electron chi connectivity index (χ3n) is 4.49. The van der Waals surface area contributed by atoms with Gasteiger partial charge < -0.3 is 15.5 Å². The SMILES string of the molecule is COC(=O)c1cnc(N)c2[nH]c(-c3cccc(C4=NC(C)(C)CS4)c3)cc12. The van der Waals surface area contributed by atoms with Crippen molar-refractivity contribution >= 4 is 39.5 Å². The molecule has 3 N–H and O–H groups in total. The number of anilines is 1. The average Bonchev–Trinajstić information content (AvgIpc) is 3.26. The lowest BCUT2D eigenvalue weighted by Crippen LogP contribution is -2.15. The van der Waals surface area contributed by atoms with Crippen LogP contribution in [-0.2, 0) is 4.74 Å². The predicted molar refractivity (Wildman–Crippen MR) is 110 cm³/mol. The molecule has 0 fully saturated rings. The number of nitrogens with two attached hydrogens (primary N) is 1. The molecule has 138 valence electrons. The number of methoxy groups -OCH3 is 1. The predicted octanol–water partition coefficient (Wildman–Crippen LogP) is 3.87. The van der Waals surface area contributed by atoms with Crippen LogP contribution >= 0.6 is 11.8 Å². The Hall–Kier alpha value is -2.80. The second-order valence-corrected chi connectivity index (χ2v) is 8.08. The number of aromatic amines is 1. The van der Waals surface area contributed by atoms with E-state index in [-0.39, 0.29) is 5.54 Å². The van der Waals surface area contributed by atoms with Crippen LogP contribution in [-0.4, -0.2) is 39.4 Å². The lowest BCUT2D eigenvalue weighted by atomic mass is 10.1. The van der Waals surface area contributed by atoms with Crippen molar-refractivity contribution in [3.8, 4) is 11.3 Å². The highest BCUT2D eigenvalue weighted by Crippen LogP contribution is 2.33. The standard InChI is InChI=1S/C20H20N4O2S/c1-20(2)10-27-18(24-20)12-6-4-5-11(7-12)15-8-13-14(19(25)26-3)9-22-17(21)16(13)23-15/h4-9,23H,10H2,1-3H3,(H2,21,22). The van der Waals surface area contributed by atoms with Crippen LogP contribution in [0.25, 0.3) is 22.2 Å². The summed E-state index contributed by atoms with van der Waals surface area (Å²) in [6.45, 7) is 4.28. The quantitative estimate of drug-likeness (QED) is 0.673. The van der Waals surface area contributed by atoms with Gasteiger partial charge in [-0.25, -0.2) is 9.78 Å². The molecule has 0 radical (unpaired) electrons. The number of hydrogen-bond acceptors (Lipinski definition) is 6. The fourth-order valence-electron chi connectivity index (χ4n) is 3.12. The summed E-state index contributed by atoms with van der Waals surface area (Å²) in [5.41, 5.74) is 9.92. The van der Waals surface area contributed by atoms with Crippen molar-refractivity contribution in [1.29, 1.82) is 0 Å². The number of carbonyl (C=O) groups excluding carboxylic acids is 1. The molecule has 0 saturated heterocycles. The number of aromatic nitrogens is 2. The molecule has 7 heteroatoms. The van der Waals surface area contributed by atoms with Gasteiger partial charge in [0.05, 0.1) is 28.8 Å². The number of ether oxygens (including phenoxy) is 1. The number of fused-ring (bicyclic) bond motifs is 1. The van der Waals surface area contributed by atoms with Crippen molar-refractivity contribution in [2.45, 2.75) is 19.4 Å². The Morgan fingerprint density at radius 1 is 1.30 bits per heavy atom. The number of benzene rings is 1. The van der Waals surface area contributed by atoms with Crippen LogP contribution in [0.3, 0.4) is 0 Å². The molecule has 0 bridgehead atoms. The monoisotopic (exact) mass is 380 g/mol. The second-order valence-electron chi connectivity index (χ2n) is 7.12. The van der Waals surface area contributed by atoms with Crippen molar-refractivity contribution in [2.24, 2.45) is 4.99 Å². The summed E-state index contributed by atoms with van der Waals surface area (Å²) in [6, 6.07) is 10.1. The Balaban J connectivity index is 1.81. The molecular formula is C20H20N4O2S. The fraction of sp³-hybridized carbons (Fsp3) is 0.250. The van der Waals surface area contributed by atoms with Gasteiger partial charge in [-0.2, -0.15) is 0 Å². The molecule has 1 aliphatic heterocycles. The van der Waals surface area contributed by atoms with Crippen LogP contribution in [0.5, 0.6) is 0 Å². The van der Waals surface area contributed by atoms with Gasteiger partial charge in [0.2, 0.25) is 0 Å². The van der Waals surface area contributed by atoms with Gasteiger partial charge in [-0.05, 0) is 31.5 Å². The molecule has 4 rings (SSSR count). The van der Waals surface area contributed by atoms with Crippen LogP contribution in [0.2, 0.25) is 0 Å². The van der Waals surface area contributed by atoms with Crippen LogP contribution < -0.4 is 5.73 Å². The number of H-pyrrole nitrogens is 1. The van der Waals surface area contributed by atoms with Crippen molar-refractivity contribution in [3.05, 3.63) is 47.7 Å². The number of aliphatic imine (C=N–C) groups is 1. The number of hydrogen-bond donors (Lipinski definition) is 2. The first kappa shape index (κ1) is 17.6. The molecule has 0 spiro atoms. The zero-order valence-electron chi connectivity index (χ0n) is 15.4. The second kappa shape index (κ2) is 6.42.